The van der Waals surface area contributed by atoms with Crippen molar-refractivity contribution in [2.45, 2.75) is 13.1 Å². The van der Waals surface area contributed by atoms with Crippen molar-refractivity contribution in [3.05, 3.63) is 71.2 Å². The molecular formula is C20H16F4N4O4S. The van der Waals surface area contributed by atoms with E-state index in [-0.39, 0.29) is 17.1 Å². The van der Waals surface area contributed by atoms with E-state index in [1.807, 2.05) is 0 Å². The van der Waals surface area contributed by atoms with Crippen molar-refractivity contribution in [2.75, 3.05) is 16.3 Å². The molecule has 3 rings (SSSR count). The second-order valence-corrected chi connectivity index (χ2v) is 8.62. The Morgan fingerprint density at radius 1 is 1.03 bits per heavy atom. The smallest absolute Gasteiger partial charge is 0.435 e. The maximum Gasteiger partial charge on any atom is 0.435 e. The maximum atomic E-state index is 13.3. The molecule has 0 bridgehead atoms. The number of hydrogen-bond donors (Lipinski definition) is 2. The lowest BCUT2D eigenvalue weighted by molar-refractivity contribution is -0.141. The number of aryl methyl sites for hydroxylation is 1. The molecule has 0 aliphatic rings. The zero-order valence-corrected chi connectivity index (χ0v) is 17.9. The number of carbonyl (C=O) groups excluding carboxylic acids is 1. The van der Waals surface area contributed by atoms with Gasteiger partial charge in [0, 0.05) is 5.69 Å². The molecule has 0 aliphatic heterocycles. The summed E-state index contributed by atoms with van der Waals surface area (Å²) in [5.41, 5.74) is -1.51. The number of nitrogens with one attached hydrogen (secondary N) is 2. The molecule has 0 saturated carbocycles. The standard InChI is InChI=1S/C20H16F4N4O4S/c1-11-8-12(21)6-7-16(11)32-19-15(10-17(26-27-19)20(22,23)24)18(29)25-13-4-3-5-14(9-13)28-33(2,30)31/h3-10,28H,1-2H3,(H,25,29). The van der Waals surface area contributed by atoms with E-state index in [1.54, 1.807) is 0 Å². The minimum atomic E-state index is -4.88. The molecule has 0 spiro atoms. The molecule has 1 aromatic heterocycles. The lowest BCUT2D eigenvalue weighted by Gasteiger charge is -2.14. The van der Waals surface area contributed by atoms with Gasteiger partial charge in [0.25, 0.3) is 11.8 Å². The second-order valence-electron chi connectivity index (χ2n) is 6.87. The number of carbonyl (C=O) groups is 1. The number of anilines is 2. The van der Waals surface area contributed by atoms with E-state index >= 15 is 0 Å². The molecule has 1 amide bonds. The predicted octanol–water partition coefficient (Wildman–Crippen LogP) is 4.36. The Morgan fingerprint density at radius 2 is 1.73 bits per heavy atom. The van der Waals surface area contributed by atoms with Crippen LogP contribution in [-0.2, 0) is 16.2 Å². The van der Waals surface area contributed by atoms with Crippen LogP contribution < -0.4 is 14.8 Å². The Hall–Kier alpha value is -3.74. The summed E-state index contributed by atoms with van der Waals surface area (Å²) in [7, 11) is -3.60. The van der Waals surface area contributed by atoms with Crippen LogP contribution in [0.25, 0.3) is 0 Å². The number of hydrogen-bond acceptors (Lipinski definition) is 6. The first-order valence-electron chi connectivity index (χ1n) is 9.10. The molecule has 13 heteroatoms. The summed E-state index contributed by atoms with van der Waals surface area (Å²) < 4.78 is 83.3. The zero-order chi connectivity index (χ0) is 24.4. The van der Waals surface area contributed by atoms with Crippen LogP contribution in [0.15, 0.2) is 48.5 Å². The number of sulfonamides is 1. The first-order valence-corrected chi connectivity index (χ1v) is 11.0. The molecule has 8 nitrogen and oxygen atoms in total. The summed E-state index contributed by atoms with van der Waals surface area (Å²) in [6.45, 7) is 1.50. The van der Waals surface area contributed by atoms with E-state index in [4.69, 9.17) is 4.74 Å². The van der Waals surface area contributed by atoms with Gasteiger partial charge in [-0.05, 0) is 55.0 Å². The van der Waals surface area contributed by atoms with Crippen LogP contribution in [0.5, 0.6) is 11.6 Å². The highest BCUT2D eigenvalue weighted by molar-refractivity contribution is 7.92. The van der Waals surface area contributed by atoms with Gasteiger partial charge in [-0.25, -0.2) is 12.8 Å². The van der Waals surface area contributed by atoms with Gasteiger partial charge >= 0.3 is 6.18 Å². The molecule has 0 fully saturated rings. The third-order valence-electron chi connectivity index (χ3n) is 4.06. The molecule has 0 atom stereocenters. The summed E-state index contributed by atoms with van der Waals surface area (Å²) in [6.07, 6.45) is -3.95. The third kappa shape index (κ3) is 6.38. The molecule has 33 heavy (non-hydrogen) atoms. The topological polar surface area (TPSA) is 110 Å². The van der Waals surface area contributed by atoms with E-state index in [1.165, 1.54) is 37.3 Å². The number of alkyl halides is 3. The van der Waals surface area contributed by atoms with Gasteiger partial charge in [0.2, 0.25) is 10.0 Å². The minimum absolute atomic E-state index is 0.0545. The van der Waals surface area contributed by atoms with Crippen molar-refractivity contribution in [3.63, 3.8) is 0 Å². The van der Waals surface area contributed by atoms with Gasteiger partial charge in [0.15, 0.2) is 5.69 Å². The van der Waals surface area contributed by atoms with Gasteiger partial charge in [-0.3, -0.25) is 9.52 Å². The van der Waals surface area contributed by atoms with Crippen molar-refractivity contribution in [1.82, 2.24) is 10.2 Å². The highest BCUT2D eigenvalue weighted by atomic mass is 32.2. The Balaban J connectivity index is 1.97. The van der Waals surface area contributed by atoms with Crippen molar-refractivity contribution >= 4 is 27.3 Å². The van der Waals surface area contributed by atoms with Crippen LogP contribution in [0.4, 0.5) is 28.9 Å². The number of halogens is 4. The summed E-state index contributed by atoms with van der Waals surface area (Å²) in [4.78, 5) is 12.8. The number of nitrogens with zero attached hydrogens (tertiary/aromatic N) is 2. The van der Waals surface area contributed by atoms with Gasteiger partial charge in [-0.15, -0.1) is 10.2 Å². The summed E-state index contributed by atoms with van der Waals surface area (Å²) in [6, 6.07) is 9.40. The van der Waals surface area contributed by atoms with Gasteiger partial charge < -0.3 is 10.1 Å². The zero-order valence-electron chi connectivity index (χ0n) is 17.1. The van der Waals surface area contributed by atoms with Crippen molar-refractivity contribution in [1.29, 1.82) is 0 Å². The quantitative estimate of drug-likeness (QED) is 0.503. The van der Waals surface area contributed by atoms with Gasteiger partial charge in [-0.2, -0.15) is 13.2 Å². The normalized spacial score (nSPS) is 11.7. The largest absolute Gasteiger partial charge is 0.437 e. The van der Waals surface area contributed by atoms with Gasteiger partial charge in [-0.1, -0.05) is 6.07 Å². The molecule has 3 aromatic rings. The van der Waals surface area contributed by atoms with Crippen molar-refractivity contribution in [2.24, 2.45) is 0 Å². The summed E-state index contributed by atoms with van der Waals surface area (Å²) in [5.74, 6) is -2.07. The van der Waals surface area contributed by atoms with Gasteiger partial charge in [0.05, 0.1) is 11.9 Å². The number of ether oxygens (including phenoxy) is 1. The van der Waals surface area contributed by atoms with Gasteiger partial charge in [0.1, 0.15) is 17.1 Å². The molecule has 1 heterocycles. The Bertz CT molecular complexity index is 1310. The average molecular weight is 484 g/mol. The summed E-state index contributed by atoms with van der Waals surface area (Å²) in [5, 5.41) is 8.83. The van der Waals surface area contributed by atoms with E-state index in [0.717, 1.165) is 18.4 Å². The molecule has 0 saturated heterocycles. The van der Waals surface area contributed by atoms with Crippen LogP contribution >= 0.6 is 0 Å². The average Bonchev–Trinajstić information content (AvgIpc) is 2.68. The van der Waals surface area contributed by atoms with E-state index in [9.17, 15) is 30.8 Å². The molecule has 0 radical (unpaired) electrons. The monoisotopic (exact) mass is 484 g/mol. The highest BCUT2D eigenvalue weighted by Gasteiger charge is 2.35. The van der Waals surface area contributed by atoms with Crippen LogP contribution in [-0.4, -0.2) is 30.8 Å². The number of benzene rings is 2. The first-order chi connectivity index (χ1) is 15.3. The first kappa shape index (κ1) is 23.9. The lowest BCUT2D eigenvalue weighted by atomic mass is 10.2. The number of amides is 1. The molecular weight excluding hydrogens is 468 g/mol. The third-order valence-corrected chi connectivity index (χ3v) is 4.67. The Kier molecular flexibility index (Phi) is 6.53. The SMILES string of the molecule is Cc1cc(F)ccc1Oc1nnc(C(F)(F)F)cc1C(=O)Nc1cccc(NS(C)(=O)=O)c1. The molecule has 2 aromatic carbocycles. The lowest BCUT2D eigenvalue weighted by Crippen LogP contribution is -2.18. The minimum Gasteiger partial charge on any atom is -0.437 e. The van der Waals surface area contributed by atoms with E-state index in [2.05, 4.69) is 20.2 Å². The number of aromatic nitrogens is 2. The Labute approximate surface area is 185 Å². The molecule has 0 aliphatic carbocycles. The fourth-order valence-electron chi connectivity index (χ4n) is 2.66. The maximum absolute atomic E-state index is 13.3. The van der Waals surface area contributed by atoms with Crippen LogP contribution in [0.1, 0.15) is 21.6 Å². The number of rotatable bonds is 6. The second kappa shape index (κ2) is 9.02. The molecule has 0 unspecified atom stereocenters. The van der Waals surface area contributed by atoms with Crippen LogP contribution in [0, 0.1) is 12.7 Å². The predicted molar refractivity (Wildman–Crippen MR) is 111 cm³/mol. The molecule has 2 N–H and O–H groups in total. The van der Waals surface area contributed by atoms with E-state index in [0.29, 0.717) is 11.6 Å². The van der Waals surface area contributed by atoms with Crippen LogP contribution in [0.2, 0.25) is 0 Å². The molecule has 174 valence electrons. The Morgan fingerprint density at radius 3 is 2.36 bits per heavy atom. The van der Waals surface area contributed by atoms with E-state index < -0.39 is 45.1 Å². The fraction of sp³-hybridized carbons (Fsp3) is 0.150. The van der Waals surface area contributed by atoms with Crippen LogP contribution in [0.3, 0.4) is 0 Å². The van der Waals surface area contributed by atoms with Crippen molar-refractivity contribution < 1.29 is 35.5 Å². The summed E-state index contributed by atoms with van der Waals surface area (Å²) >= 11 is 0. The highest BCUT2D eigenvalue weighted by Crippen LogP contribution is 2.32. The fourth-order valence-corrected chi connectivity index (χ4v) is 3.22. The van der Waals surface area contributed by atoms with Crippen molar-refractivity contribution in [3.8, 4) is 11.6 Å².